The fourth-order valence-corrected chi connectivity index (χ4v) is 3.51. The van der Waals surface area contributed by atoms with Crippen LogP contribution in [0, 0.1) is 12.8 Å². The number of ether oxygens (including phenoxy) is 2. The van der Waals surface area contributed by atoms with Crippen molar-refractivity contribution >= 4 is 11.9 Å². The molecule has 1 amide bonds. The van der Waals surface area contributed by atoms with E-state index in [0.29, 0.717) is 37.1 Å². The first-order valence-corrected chi connectivity index (χ1v) is 11.2. The van der Waals surface area contributed by atoms with Gasteiger partial charge in [0.1, 0.15) is 5.75 Å². The van der Waals surface area contributed by atoms with Crippen LogP contribution in [-0.2, 0) is 17.8 Å². The maximum Gasteiger partial charge on any atom is 0.251 e. The second kappa shape index (κ2) is 12.1. The highest BCUT2D eigenvalue weighted by Gasteiger charge is 2.17. The standard InChI is InChI=1S/C25H34N4O3/c1-4-27-25(28-14-19-6-5-7-21(13-19)24(30)26-3)29-15-22-9-8-18(2)12-23(22)32-17-20-10-11-31-16-20/h5-9,12-13,20H,4,10-11,14-17H2,1-3H3,(H,26,30)(H2,27,28,29). The Hall–Kier alpha value is -3.06. The number of hydrogen-bond donors (Lipinski definition) is 3. The molecular weight excluding hydrogens is 404 g/mol. The number of nitrogens with one attached hydrogen (secondary N) is 3. The number of carbonyl (C=O) groups excluding carboxylic acids is 1. The Morgan fingerprint density at radius 2 is 2.09 bits per heavy atom. The summed E-state index contributed by atoms with van der Waals surface area (Å²) in [7, 11) is 1.63. The molecule has 2 aromatic carbocycles. The van der Waals surface area contributed by atoms with Crippen LogP contribution in [0.15, 0.2) is 47.5 Å². The van der Waals surface area contributed by atoms with Gasteiger partial charge in [-0.05, 0) is 49.6 Å². The van der Waals surface area contributed by atoms with Crippen molar-refractivity contribution in [2.24, 2.45) is 10.9 Å². The van der Waals surface area contributed by atoms with Gasteiger partial charge in [0, 0.05) is 43.8 Å². The van der Waals surface area contributed by atoms with Crippen LogP contribution >= 0.6 is 0 Å². The van der Waals surface area contributed by atoms with E-state index in [0.717, 1.165) is 43.1 Å². The Morgan fingerprint density at radius 1 is 1.22 bits per heavy atom. The molecule has 1 aliphatic rings. The second-order valence-electron chi connectivity index (χ2n) is 7.98. The lowest BCUT2D eigenvalue weighted by Crippen LogP contribution is -2.36. The van der Waals surface area contributed by atoms with Crippen molar-refractivity contribution in [1.29, 1.82) is 0 Å². The summed E-state index contributed by atoms with van der Waals surface area (Å²) >= 11 is 0. The average molecular weight is 439 g/mol. The van der Waals surface area contributed by atoms with Gasteiger partial charge < -0.3 is 25.4 Å². The SMILES string of the molecule is CCNC(=NCc1cccc(C(=O)NC)c1)NCc1ccc(C)cc1OCC1CCOC1. The first kappa shape index (κ1) is 23.6. The number of benzene rings is 2. The third-order valence-electron chi connectivity index (χ3n) is 5.35. The highest BCUT2D eigenvalue weighted by molar-refractivity contribution is 5.94. The fraction of sp³-hybridized carbons (Fsp3) is 0.440. The van der Waals surface area contributed by atoms with Crippen LogP contribution in [0.5, 0.6) is 5.75 Å². The molecule has 0 radical (unpaired) electrons. The van der Waals surface area contributed by atoms with Gasteiger partial charge in [-0.1, -0.05) is 24.3 Å². The quantitative estimate of drug-likeness (QED) is 0.414. The van der Waals surface area contributed by atoms with Crippen LogP contribution in [0.2, 0.25) is 0 Å². The molecule has 1 heterocycles. The van der Waals surface area contributed by atoms with E-state index in [4.69, 9.17) is 9.47 Å². The molecule has 1 unspecified atom stereocenters. The number of aliphatic imine (C=N–C) groups is 1. The molecule has 3 rings (SSSR count). The Bertz CT molecular complexity index is 923. The predicted octanol–water partition coefficient (Wildman–Crippen LogP) is 3.03. The molecule has 172 valence electrons. The summed E-state index contributed by atoms with van der Waals surface area (Å²) in [5, 5.41) is 9.33. The van der Waals surface area contributed by atoms with Crippen molar-refractivity contribution in [3.8, 4) is 5.75 Å². The topological polar surface area (TPSA) is 84.0 Å². The normalized spacial score (nSPS) is 16.0. The van der Waals surface area contributed by atoms with Gasteiger partial charge in [0.05, 0.1) is 19.8 Å². The first-order valence-electron chi connectivity index (χ1n) is 11.2. The van der Waals surface area contributed by atoms with Gasteiger partial charge in [0.2, 0.25) is 0 Å². The van der Waals surface area contributed by atoms with E-state index >= 15 is 0 Å². The summed E-state index contributed by atoms with van der Waals surface area (Å²) in [6.45, 7) is 8.20. The van der Waals surface area contributed by atoms with E-state index in [1.807, 2.05) is 25.1 Å². The summed E-state index contributed by atoms with van der Waals surface area (Å²) in [4.78, 5) is 16.6. The number of aryl methyl sites for hydroxylation is 1. The molecule has 32 heavy (non-hydrogen) atoms. The number of hydrogen-bond acceptors (Lipinski definition) is 4. The van der Waals surface area contributed by atoms with Crippen LogP contribution in [0.1, 0.15) is 40.4 Å². The van der Waals surface area contributed by atoms with Gasteiger partial charge >= 0.3 is 0 Å². The van der Waals surface area contributed by atoms with E-state index in [1.165, 1.54) is 5.56 Å². The Morgan fingerprint density at radius 3 is 2.84 bits per heavy atom. The maximum atomic E-state index is 11.9. The molecule has 1 atom stereocenters. The smallest absolute Gasteiger partial charge is 0.251 e. The third-order valence-corrected chi connectivity index (χ3v) is 5.35. The predicted molar refractivity (Wildman–Crippen MR) is 127 cm³/mol. The van der Waals surface area contributed by atoms with Gasteiger partial charge in [-0.3, -0.25) is 4.79 Å². The average Bonchev–Trinajstić information content (AvgIpc) is 3.33. The molecule has 7 nitrogen and oxygen atoms in total. The van der Waals surface area contributed by atoms with Crippen LogP contribution in [0.25, 0.3) is 0 Å². The van der Waals surface area contributed by atoms with E-state index in [9.17, 15) is 4.79 Å². The molecule has 2 aromatic rings. The van der Waals surface area contributed by atoms with Crippen molar-refractivity contribution in [2.45, 2.75) is 33.4 Å². The summed E-state index contributed by atoms with van der Waals surface area (Å²) < 4.78 is 11.6. The number of nitrogens with zero attached hydrogens (tertiary/aromatic N) is 1. The van der Waals surface area contributed by atoms with Gasteiger partial charge in [-0.15, -0.1) is 0 Å². The van der Waals surface area contributed by atoms with Crippen LogP contribution < -0.4 is 20.7 Å². The molecule has 1 fully saturated rings. The van der Waals surface area contributed by atoms with Crippen molar-refractivity contribution in [3.63, 3.8) is 0 Å². The molecule has 1 aliphatic heterocycles. The lowest BCUT2D eigenvalue weighted by molar-refractivity contribution is 0.0963. The molecular formula is C25H34N4O3. The zero-order valence-electron chi connectivity index (χ0n) is 19.2. The summed E-state index contributed by atoms with van der Waals surface area (Å²) in [5.41, 5.74) is 3.86. The molecule has 0 saturated carbocycles. The molecule has 7 heteroatoms. The Balaban J connectivity index is 1.64. The van der Waals surface area contributed by atoms with Crippen molar-refractivity contribution in [2.75, 3.05) is 33.4 Å². The van der Waals surface area contributed by atoms with Gasteiger partial charge in [-0.25, -0.2) is 4.99 Å². The summed E-state index contributed by atoms with van der Waals surface area (Å²) in [6.07, 6.45) is 1.05. The zero-order valence-corrected chi connectivity index (χ0v) is 19.2. The third kappa shape index (κ3) is 6.99. The highest BCUT2D eigenvalue weighted by atomic mass is 16.5. The lowest BCUT2D eigenvalue weighted by Gasteiger charge is -2.17. The van der Waals surface area contributed by atoms with Gasteiger partial charge in [0.15, 0.2) is 5.96 Å². The van der Waals surface area contributed by atoms with Gasteiger partial charge in [0.25, 0.3) is 5.91 Å². The maximum absolute atomic E-state index is 11.9. The zero-order chi connectivity index (χ0) is 22.8. The van der Waals surface area contributed by atoms with E-state index in [2.05, 4.69) is 46.1 Å². The number of rotatable bonds is 9. The molecule has 0 bridgehead atoms. The highest BCUT2D eigenvalue weighted by Crippen LogP contribution is 2.22. The van der Waals surface area contributed by atoms with Crippen molar-refractivity contribution < 1.29 is 14.3 Å². The molecule has 0 aromatic heterocycles. The Labute approximate surface area is 190 Å². The van der Waals surface area contributed by atoms with Gasteiger partial charge in [-0.2, -0.15) is 0 Å². The van der Waals surface area contributed by atoms with Crippen molar-refractivity contribution in [3.05, 3.63) is 64.7 Å². The minimum atomic E-state index is -0.100. The van der Waals surface area contributed by atoms with E-state index in [1.54, 1.807) is 13.1 Å². The number of guanidine groups is 1. The minimum absolute atomic E-state index is 0.100. The monoisotopic (exact) mass is 438 g/mol. The van der Waals surface area contributed by atoms with E-state index < -0.39 is 0 Å². The molecule has 0 spiro atoms. The minimum Gasteiger partial charge on any atom is -0.493 e. The Kier molecular flexibility index (Phi) is 8.92. The van der Waals surface area contributed by atoms with E-state index in [-0.39, 0.29) is 5.91 Å². The molecule has 1 saturated heterocycles. The summed E-state index contributed by atoms with van der Waals surface area (Å²) in [6, 6.07) is 13.8. The largest absolute Gasteiger partial charge is 0.493 e. The lowest BCUT2D eigenvalue weighted by atomic mass is 10.1. The summed E-state index contributed by atoms with van der Waals surface area (Å²) in [5.74, 6) is 1.98. The number of amides is 1. The van der Waals surface area contributed by atoms with Crippen LogP contribution in [0.3, 0.4) is 0 Å². The fourth-order valence-electron chi connectivity index (χ4n) is 3.51. The number of carbonyl (C=O) groups is 1. The van der Waals surface area contributed by atoms with Crippen LogP contribution in [-0.4, -0.2) is 45.3 Å². The first-order chi connectivity index (χ1) is 15.6. The van der Waals surface area contributed by atoms with Crippen LogP contribution in [0.4, 0.5) is 0 Å². The molecule has 0 aliphatic carbocycles. The molecule has 3 N–H and O–H groups in total. The second-order valence-corrected chi connectivity index (χ2v) is 7.98. The van der Waals surface area contributed by atoms with Crippen molar-refractivity contribution in [1.82, 2.24) is 16.0 Å².